The molecule has 0 spiro atoms. The smallest absolute Gasteiger partial charge is 0.191 e. The number of hydrogen-bond donors (Lipinski definition) is 2. The summed E-state index contributed by atoms with van der Waals surface area (Å²) >= 11 is 0. The molecule has 0 saturated carbocycles. The third-order valence-electron chi connectivity index (χ3n) is 3.38. The molecule has 2 aromatic rings. The lowest BCUT2D eigenvalue weighted by Gasteiger charge is -2.10. The maximum Gasteiger partial charge on any atom is 0.191 e. The van der Waals surface area contributed by atoms with Gasteiger partial charge in [0.1, 0.15) is 5.75 Å². The van der Waals surface area contributed by atoms with Gasteiger partial charge in [0.15, 0.2) is 5.96 Å². The van der Waals surface area contributed by atoms with E-state index in [1.165, 1.54) is 0 Å². The summed E-state index contributed by atoms with van der Waals surface area (Å²) in [6, 6.07) is 9.75. The number of guanidine groups is 1. The molecule has 130 valence electrons. The predicted octanol–water partition coefficient (Wildman–Crippen LogP) is 1.58. The molecule has 0 aliphatic carbocycles. The number of nitrogens with one attached hydrogen (secondary N) is 2. The largest absolute Gasteiger partial charge is 0.497 e. The number of benzene rings is 1. The quantitative estimate of drug-likeness (QED) is 0.436. The van der Waals surface area contributed by atoms with Gasteiger partial charge in [-0.1, -0.05) is 0 Å². The first-order valence-electron chi connectivity index (χ1n) is 7.98. The van der Waals surface area contributed by atoms with E-state index in [2.05, 4.69) is 20.7 Å². The maximum absolute atomic E-state index is 5.29. The summed E-state index contributed by atoms with van der Waals surface area (Å²) in [5.74, 6) is 1.56. The fourth-order valence-corrected chi connectivity index (χ4v) is 2.12. The Morgan fingerprint density at radius 3 is 2.67 bits per heavy atom. The SMILES string of the molecule is CCOCCNC(=NC)NCc1ccn(-c2ccc(OC)cc2)n1. The Bertz CT molecular complexity index is 637. The number of rotatable bonds is 8. The van der Waals surface area contributed by atoms with Crippen molar-refractivity contribution in [2.75, 3.05) is 33.9 Å². The van der Waals surface area contributed by atoms with E-state index in [4.69, 9.17) is 9.47 Å². The number of aliphatic imine (C=N–C) groups is 1. The van der Waals surface area contributed by atoms with Crippen molar-refractivity contribution < 1.29 is 9.47 Å². The van der Waals surface area contributed by atoms with Gasteiger partial charge in [-0.05, 0) is 37.3 Å². The third-order valence-corrected chi connectivity index (χ3v) is 3.38. The molecule has 1 aromatic heterocycles. The Kier molecular flexibility index (Phi) is 7.10. The molecule has 0 aliphatic rings. The molecule has 0 bridgehead atoms. The normalized spacial score (nSPS) is 11.4. The Morgan fingerprint density at radius 1 is 1.21 bits per heavy atom. The highest BCUT2D eigenvalue weighted by Crippen LogP contribution is 2.14. The van der Waals surface area contributed by atoms with Gasteiger partial charge in [-0.25, -0.2) is 4.68 Å². The lowest BCUT2D eigenvalue weighted by Crippen LogP contribution is -2.38. The van der Waals surface area contributed by atoms with Crippen LogP contribution in [0.2, 0.25) is 0 Å². The monoisotopic (exact) mass is 331 g/mol. The Labute approximate surface area is 142 Å². The zero-order valence-corrected chi connectivity index (χ0v) is 14.5. The van der Waals surface area contributed by atoms with Crippen LogP contribution in [0.4, 0.5) is 0 Å². The molecule has 1 aromatic carbocycles. The van der Waals surface area contributed by atoms with E-state index in [0.717, 1.165) is 29.7 Å². The van der Waals surface area contributed by atoms with E-state index in [9.17, 15) is 0 Å². The first-order chi connectivity index (χ1) is 11.8. The lowest BCUT2D eigenvalue weighted by molar-refractivity contribution is 0.152. The maximum atomic E-state index is 5.29. The molecule has 0 unspecified atom stereocenters. The van der Waals surface area contributed by atoms with Crippen LogP contribution in [-0.2, 0) is 11.3 Å². The summed E-state index contributed by atoms with van der Waals surface area (Å²) in [6.45, 7) is 4.66. The molecule has 1 heterocycles. The average molecular weight is 331 g/mol. The van der Waals surface area contributed by atoms with Crippen molar-refractivity contribution in [3.8, 4) is 11.4 Å². The average Bonchev–Trinajstić information content (AvgIpc) is 3.10. The first-order valence-corrected chi connectivity index (χ1v) is 7.98. The van der Waals surface area contributed by atoms with Gasteiger partial charge in [-0.15, -0.1) is 0 Å². The molecular formula is C17H25N5O2. The topological polar surface area (TPSA) is 72.7 Å². The molecule has 2 N–H and O–H groups in total. The van der Waals surface area contributed by atoms with Crippen LogP contribution in [0.3, 0.4) is 0 Å². The highest BCUT2D eigenvalue weighted by molar-refractivity contribution is 5.79. The number of hydrogen-bond acceptors (Lipinski definition) is 4. The van der Waals surface area contributed by atoms with Gasteiger partial charge in [0.05, 0.1) is 31.6 Å². The van der Waals surface area contributed by atoms with Crippen LogP contribution in [0, 0.1) is 0 Å². The fourth-order valence-electron chi connectivity index (χ4n) is 2.12. The molecule has 0 atom stereocenters. The van der Waals surface area contributed by atoms with Crippen molar-refractivity contribution in [3.63, 3.8) is 0 Å². The highest BCUT2D eigenvalue weighted by Gasteiger charge is 2.03. The van der Waals surface area contributed by atoms with Crippen LogP contribution in [-0.4, -0.2) is 49.7 Å². The molecule has 2 rings (SSSR count). The lowest BCUT2D eigenvalue weighted by atomic mass is 10.3. The van der Waals surface area contributed by atoms with Gasteiger partial charge in [0, 0.05) is 26.4 Å². The molecule has 0 radical (unpaired) electrons. The molecule has 0 aliphatic heterocycles. The second-order valence-electron chi connectivity index (χ2n) is 5.00. The van der Waals surface area contributed by atoms with Gasteiger partial charge < -0.3 is 20.1 Å². The van der Waals surface area contributed by atoms with Crippen LogP contribution in [0.1, 0.15) is 12.6 Å². The Hall–Kier alpha value is -2.54. The van der Waals surface area contributed by atoms with Crippen molar-refractivity contribution in [2.45, 2.75) is 13.5 Å². The van der Waals surface area contributed by atoms with Crippen molar-refractivity contribution in [1.29, 1.82) is 0 Å². The first kappa shape index (κ1) is 17.8. The van der Waals surface area contributed by atoms with Gasteiger partial charge >= 0.3 is 0 Å². The predicted molar refractivity (Wildman–Crippen MR) is 94.8 cm³/mol. The minimum absolute atomic E-state index is 0.595. The summed E-state index contributed by atoms with van der Waals surface area (Å²) in [4.78, 5) is 4.18. The summed E-state index contributed by atoms with van der Waals surface area (Å²) < 4.78 is 12.3. The van der Waals surface area contributed by atoms with E-state index in [1.807, 2.05) is 48.1 Å². The number of aromatic nitrogens is 2. The van der Waals surface area contributed by atoms with E-state index >= 15 is 0 Å². The Balaban J connectivity index is 1.86. The summed E-state index contributed by atoms with van der Waals surface area (Å²) in [6.07, 6.45) is 1.93. The molecule has 0 saturated heterocycles. The zero-order chi connectivity index (χ0) is 17.2. The molecule has 0 amide bonds. The van der Waals surface area contributed by atoms with Gasteiger partial charge in [0.2, 0.25) is 0 Å². The van der Waals surface area contributed by atoms with Crippen LogP contribution in [0.25, 0.3) is 5.69 Å². The minimum Gasteiger partial charge on any atom is -0.497 e. The number of methoxy groups -OCH3 is 1. The van der Waals surface area contributed by atoms with Crippen molar-refractivity contribution in [2.24, 2.45) is 4.99 Å². The molecule has 0 fully saturated rings. The van der Waals surface area contributed by atoms with Gasteiger partial charge in [-0.3, -0.25) is 4.99 Å². The van der Waals surface area contributed by atoms with Gasteiger partial charge in [-0.2, -0.15) is 5.10 Å². The van der Waals surface area contributed by atoms with Crippen molar-refractivity contribution in [3.05, 3.63) is 42.2 Å². The van der Waals surface area contributed by atoms with E-state index < -0.39 is 0 Å². The zero-order valence-electron chi connectivity index (χ0n) is 14.5. The summed E-state index contributed by atoms with van der Waals surface area (Å²) in [7, 11) is 3.40. The van der Waals surface area contributed by atoms with E-state index in [1.54, 1.807) is 14.2 Å². The second-order valence-corrected chi connectivity index (χ2v) is 5.00. The standard InChI is InChI=1S/C17H25N5O2/c1-4-24-12-10-19-17(18-2)20-13-14-9-11-22(21-14)15-5-7-16(23-3)8-6-15/h5-9,11H,4,10,12-13H2,1-3H3,(H2,18,19,20). The van der Waals surface area contributed by atoms with Crippen LogP contribution in [0.5, 0.6) is 5.75 Å². The van der Waals surface area contributed by atoms with Crippen molar-refractivity contribution in [1.82, 2.24) is 20.4 Å². The highest BCUT2D eigenvalue weighted by atomic mass is 16.5. The van der Waals surface area contributed by atoms with Crippen molar-refractivity contribution >= 4 is 5.96 Å². The summed E-state index contributed by atoms with van der Waals surface area (Å²) in [5, 5.41) is 11.0. The fraction of sp³-hybridized carbons (Fsp3) is 0.412. The molecule has 24 heavy (non-hydrogen) atoms. The van der Waals surface area contributed by atoms with Crippen LogP contribution < -0.4 is 15.4 Å². The summed E-state index contributed by atoms with van der Waals surface area (Å²) in [5.41, 5.74) is 1.92. The second kappa shape index (κ2) is 9.57. The van der Waals surface area contributed by atoms with Gasteiger partial charge in [0.25, 0.3) is 0 Å². The van der Waals surface area contributed by atoms with Crippen LogP contribution >= 0.6 is 0 Å². The van der Waals surface area contributed by atoms with Crippen LogP contribution in [0.15, 0.2) is 41.5 Å². The van der Waals surface area contributed by atoms with E-state index in [-0.39, 0.29) is 0 Å². The molecule has 7 heteroatoms. The minimum atomic E-state index is 0.595. The molecular weight excluding hydrogens is 306 g/mol. The third kappa shape index (κ3) is 5.27. The molecule has 7 nitrogen and oxygen atoms in total. The Morgan fingerprint density at radius 2 is 2.00 bits per heavy atom. The number of ether oxygens (including phenoxy) is 2. The number of nitrogens with zero attached hydrogens (tertiary/aromatic N) is 3. The van der Waals surface area contributed by atoms with E-state index in [0.29, 0.717) is 19.7 Å².